The minimum atomic E-state index is -4.92. The van der Waals surface area contributed by atoms with Crippen molar-refractivity contribution in [2.45, 2.75) is 32.7 Å². The van der Waals surface area contributed by atoms with Crippen LogP contribution in [0.4, 0.5) is 13.2 Å². The Kier molecular flexibility index (Phi) is 6.79. The fraction of sp³-hybridized carbons (Fsp3) is 0.222. The molecule has 0 bridgehead atoms. The predicted octanol–water partition coefficient (Wildman–Crippen LogP) is 5.71. The smallest absolute Gasteiger partial charge is 0.497 e. The van der Waals surface area contributed by atoms with E-state index < -0.39 is 23.7 Å². The molecule has 4 rings (SSSR count). The average molecular weight is 528 g/mol. The van der Waals surface area contributed by atoms with Gasteiger partial charge in [0.2, 0.25) is 11.5 Å². The molecular formula is C27H23F3N2O6. The van der Waals surface area contributed by atoms with E-state index in [-0.39, 0.29) is 28.6 Å². The second kappa shape index (κ2) is 9.73. The van der Waals surface area contributed by atoms with Crippen molar-refractivity contribution in [1.29, 1.82) is 0 Å². The van der Waals surface area contributed by atoms with E-state index in [1.807, 2.05) is 0 Å². The number of methoxy groups -OCH3 is 1. The second-order valence-corrected chi connectivity index (χ2v) is 8.83. The Balaban J connectivity index is 1.91. The largest absolute Gasteiger partial charge is 0.573 e. The second-order valence-electron chi connectivity index (χ2n) is 8.83. The lowest BCUT2D eigenvalue weighted by atomic mass is 10.0. The third-order valence-corrected chi connectivity index (χ3v) is 5.80. The Morgan fingerprint density at radius 2 is 1.61 bits per heavy atom. The standard InChI is InChI=1S/C27H23F3N2O6/c1-15-23(24(33)16-8-10-17(36-4)11-9-16)19-13-12-18(37-27(28,29)30)14-20(19)32(15)21-6-5-7-22(31-21)38-26(2,3)25(34)35/h5-14H,1-4H3,(H,34,35). The van der Waals surface area contributed by atoms with Gasteiger partial charge in [-0.2, -0.15) is 4.98 Å². The molecule has 0 spiro atoms. The van der Waals surface area contributed by atoms with Gasteiger partial charge in [-0.3, -0.25) is 9.36 Å². The monoisotopic (exact) mass is 528 g/mol. The minimum absolute atomic E-state index is 0.0260. The van der Waals surface area contributed by atoms with Crippen LogP contribution in [-0.2, 0) is 4.79 Å². The first kappa shape index (κ1) is 26.5. The molecule has 0 unspecified atom stereocenters. The first-order chi connectivity index (χ1) is 17.8. The van der Waals surface area contributed by atoms with Crippen molar-refractivity contribution in [2.24, 2.45) is 0 Å². The topological polar surface area (TPSA) is 99.9 Å². The van der Waals surface area contributed by atoms with Crippen LogP contribution in [0.5, 0.6) is 17.4 Å². The van der Waals surface area contributed by atoms with Gasteiger partial charge in [0.1, 0.15) is 17.3 Å². The number of ether oxygens (including phenoxy) is 3. The summed E-state index contributed by atoms with van der Waals surface area (Å²) in [6.45, 7) is 4.34. The molecular weight excluding hydrogens is 505 g/mol. The Bertz CT molecular complexity index is 1520. The summed E-state index contributed by atoms with van der Waals surface area (Å²) in [4.78, 5) is 29.5. The summed E-state index contributed by atoms with van der Waals surface area (Å²) in [5, 5.41) is 9.77. The van der Waals surface area contributed by atoms with Gasteiger partial charge in [0.15, 0.2) is 5.78 Å². The van der Waals surface area contributed by atoms with Crippen molar-refractivity contribution < 1.29 is 42.1 Å². The zero-order valence-electron chi connectivity index (χ0n) is 20.8. The molecule has 2 heterocycles. The van der Waals surface area contributed by atoms with Gasteiger partial charge >= 0.3 is 12.3 Å². The van der Waals surface area contributed by atoms with Crippen LogP contribution in [0, 0.1) is 6.92 Å². The number of pyridine rings is 1. The lowest BCUT2D eigenvalue weighted by Gasteiger charge is -2.21. The van der Waals surface area contributed by atoms with Crippen LogP contribution in [0.2, 0.25) is 0 Å². The zero-order chi connectivity index (χ0) is 27.8. The molecule has 198 valence electrons. The molecule has 2 aromatic heterocycles. The highest BCUT2D eigenvalue weighted by Crippen LogP contribution is 2.35. The number of aliphatic carboxylic acids is 1. The Morgan fingerprint density at radius 1 is 0.947 bits per heavy atom. The van der Waals surface area contributed by atoms with Crippen LogP contribution in [0.3, 0.4) is 0 Å². The van der Waals surface area contributed by atoms with Gasteiger partial charge in [0, 0.05) is 28.8 Å². The molecule has 38 heavy (non-hydrogen) atoms. The van der Waals surface area contributed by atoms with Crippen LogP contribution in [0.25, 0.3) is 16.7 Å². The summed E-state index contributed by atoms with van der Waals surface area (Å²) in [5.41, 5.74) is -0.377. The molecule has 2 aromatic carbocycles. The fourth-order valence-corrected chi connectivity index (χ4v) is 3.95. The molecule has 0 saturated heterocycles. The van der Waals surface area contributed by atoms with Gasteiger partial charge in [-0.1, -0.05) is 6.07 Å². The number of carbonyl (C=O) groups is 2. The van der Waals surface area contributed by atoms with Gasteiger partial charge in [-0.15, -0.1) is 13.2 Å². The fourth-order valence-electron chi connectivity index (χ4n) is 3.95. The van der Waals surface area contributed by atoms with Crippen molar-refractivity contribution in [2.75, 3.05) is 7.11 Å². The van der Waals surface area contributed by atoms with Gasteiger partial charge in [0.05, 0.1) is 18.2 Å². The van der Waals surface area contributed by atoms with E-state index in [9.17, 15) is 27.9 Å². The Hall–Kier alpha value is -4.54. The van der Waals surface area contributed by atoms with Crippen molar-refractivity contribution >= 4 is 22.7 Å². The molecule has 4 aromatic rings. The summed E-state index contributed by atoms with van der Waals surface area (Å²) in [7, 11) is 1.50. The third kappa shape index (κ3) is 5.26. The quantitative estimate of drug-likeness (QED) is 0.292. The number of nitrogens with zero attached hydrogens (tertiary/aromatic N) is 2. The van der Waals surface area contributed by atoms with Gasteiger partial charge in [-0.05, 0) is 63.2 Å². The summed E-state index contributed by atoms with van der Waals surface area (Å²) in [6.07, 6.45) is -4.92. The lowest BCUT2D eigenvalue weighted by Crippen LogP contribution is -2.38. The molecule has 0 aliphatic carbocycles. The molecule has 0 aliphatic rings. The van der Waals surface area contributed by atoms with Crippen molar-refractivity contribution in [3.05, 3.63) is 77.5 Å². The minimum Gasteiger partial charge on any atom is -0.497 e. The number of aromatic nitrogens is 2. The number of benzene rings is 2. The molecule has 0 saturated carbocycles. The summed E-state index contributed by atoms with van der Waals surface area (Å²) >= 11 is 0. The number of carboxylic acid groups (broad SMARTS) is 1. The van der Waals surface area contributed by atoms with Crippen LogP contribution in [0.15, 0.2) is 60.7 Å². The molecule has 1 N–H and O–H groups in total. The van der Waals surface area contributed by atoms with E-state index in [0.29, 0.717) is 22.4 Å². The zero-order valence-corrected chi connectivity index (χ0v) is 20.8. The first-order valence-corrected chi connectivity index (χ1v) is 11.3. The summed E-state index contributed by atoms with van der Waals surface area (Å²) in [5.74, 6) is -1.33. The molecule has 0 atom stereocenters. The van der Waals surface area contributed by atoms with Crippen LogP contribution < -0.4 is 14.2 Å². The highest BCUT2D eigenvalue weighted by atomic mass is 19.4. The number of ketones is 1. The highest BCUT2D eigenvalue weighted by Gasteiger charge is 2.32. The van der Waals surface area contributed by atoms with E-state index in [1.165, 1.54) is 37.7 Å². The lowest BCUT2D eigenvalue weighted by molar-refractivity contribution is -0.274. The van der Waals surface area contributed by atoms with Crippen molar-refractivity contribution in [3.8, 4) is 23.2 Å². The van der Waals surface area contributed by atoms with E-state index in [0.717, 1.165) is 12.1 Å². The van der Waals surface area contributed by atoms with Gasteiger partial charge in [0.25, 0.3) is 0 Å². The van der Waals surface area contributed by atoms with Crippen molar-refractivity contribution in [3.63, 3.8) is 0 Å². The van der Waals surface area contributed by atoms with Crippen LogP contribution >= 0.6 is 0 Å². The number of fused-ring (bicyclic) bond motifs is 1. The maximum Gasteiger partial charge on any atom is 0.573 e. The number of alkyl halides is 3. The molecule has 0 fully saturated rings. The first-order valence-electron chi connectivity index (χ1n) is 11.3. The van der Waals surface area contributed by atoms with Crippen molar-refractivity contribution in [1.82, 2.24) is 9.55 Å². The van der Waals surface area contributed by atoms with Crippen LogP contribution in [0.1, 0.15) is 35.5 Å². The molecule has 0 amide bonds. The Morgan fingerprint density at radius 3 is 2.21 bits per heavy atom. The SMILES string of the molecule is COc1ccc(C(=O)c2c(C)n(-c3cccc(OC(C)(C)C(=O)O)n3)c3cc(OC(F)(F)F)ccc23)cc1. The van der Waals surface area contributed by atoms with Crippen LogP contribution in [-0.4, -0.2) is 45.5 Å². The van der Waals surface area contributed by atoms with E-state index in [1.54, 1.807) is 43.3 Å². The summed E-state index contributed by atoms with van der Waals surface area (Å²) < 4.78 is 55.2. The van der Waals surface area contributed by atoms with E-state index in [4.69, 9.17) is 9.47 Å². The van der Waals surface area contributed by atoms with Gasteiger partial charge < -0.3 is 19.3 Å². The van der Waals surface area contributed by atoms with Gasteiger partial charge in [-0.25, -0.2) is 4.79 Å². The molecule has 0 radical (unpaired) electrons. The number of hydrogen-bond acceptors (Lipinski definition) is 6. The number of carbonyl (C=O) groups excluding carboxylic acids is 1. The molecule has 0 aliphatic heterocycles. The predicted molar refractivity (Wildman–Crippen MR) is 131 cm³/mol. The summed E-state index contributed by atoms with van der Waals surface area (Å²) in [6, 6.07) is 14.7. The third-order valence-electron chi connectivity index (χ3n) is 5.80. The maximum atomic E-state index is 13.6. The Labute approximate surface area is 215 Å². The number of rotatable bonds is 8. The highest BCUT2D eigenvalue weighted by molar-refractivity contribution is 6.18. The number of halogens is 3. The molecule has 8 nitrogen and oxygen atoms in total. The normalized spacial score (nSPS) is 11.9. The molecule has 11 heteroatoms. The number of carboxylic acids is 1. The van der Waals surface area contributed by atoms with E-state index in [2.05, 4.69) is 9.72 Å². The maximum absolute atomic E-state index is 13.6. The average Bonchev–Trinajstić information content (AvgIpc) is 3.13. The van der Waals surface area contributed by atoms with E-state index >= 15 is 0 Å². The number of hydrogen-bond donors (Lipinski definition) is 1.